The smallest absolute Gasteiger partial charge is 0.336 e. The second-order valence-corrected chi connectivity index (χ2v) is 7.46. The van der Waals surface area contributed by atoms with Crippen molar-refractivity contribution in [3.63, 3.8) is 0 Å². The van der Waals surface area contributed by atoms with E-state index in [9.17, 15) is 13.2 Å². The van der Waals surface area contributed by atoms with Crippen molar-refractivity contribution in [2.75, 3.05) is 34.2 Å². The molecule has 1 N–H and O–H groups in total. The van der Waals surface area contributed by atoms with Crippen LogP contribution in [-0.4, -0.2) is 62.9 Å². The van der Waals surface area contributed by atoms with Gasteiger partial charge in [-0.3, -0.25) is 0 Å². The highest BCUT2D eigenvalue weighted by Crippen LogP contribution is 2.26. The van der Waals surface area contributed by atoms with E-state index < -0.39 is 16.0 Å². The minimum atomic E-state index is -3.78. The average molecular weight is 335 g/mol. The number of carboxylic acids is 1. The molecule has 0 heterocycles. The number of nitrogens with zero attached hydrogens (tertiary/aromatic N) is 2. The van der Waals surface area contributed by atoms with Gasteiger partial charge in [-0.2, -0.15) is 4.31 Å². The maximum atomic E-state index is 12.5. The first-order valence-electron chi connectivity index (χ1n) is 6.22. The minimum Gasteiger partial charge on any atom is -0.478 e. The van der Waals surface area contributed by atoms with E-state index in [1.807, 2.05) is 19.0 Å². The fourth-order valence-corrected chi connectivity index (χ4v) is 3.49. The first kappa shape index (κ1) is 17.9. The van der Waals surface area contributed by atoms with E-state index >= 15 is 0 Å². The Labute approximate surface area is 130 Å². The van der Waals surface area contributed by atoms with E-state index in [1.165, 1.54) is 30.4 Å². The van der Waals surface area contributed by atoms with Gasteiger partial charge in [0.25, 0.3) is 0 Å². The van der Waals surface area contributed by atoms with Crippen molar-refractivity contribution in [2.24, 2.45) is 0 Å². The molecule has 0 fully saturated rings. The maximum Gasteiger partial charge on any atom is 0.336 e. The van der Waals surface area contributed by atoms with Gasteiger partial charge in [-0.1, -0.05) is 11.6 Å². The van der Waals surface area contributed by atoms with Gasteiger partial charge >= 0.3 is 5.97 Å². The molecule has 0 unspecified atom stereocenters. The highest BCUT2D eigenvalue weighted by atomic mass is 35.5. The highest BCUT2D eigenvalue weighted by Gasteiger charge is 2.26. The molecule has 0 spiro atoms. The van der Waals surface area contributed by atoms with Gasteiger partial charge in [-0.15, -0.1) is 0 Å². The molecule has 0 radical (unpaired) electrons. The number of likely N-dealkylation sites (N-methyl/N-ethyl adjacent to an activating group) is 2. The van der Waals surface area contributed by atoms with Crippen molar-refractivity contribution >= 4 is 27.6 Å². The van der Waals surface area contributed by atoms with E-state index in [-0.39, 0.29) is 21.0 Å². The molecule has 0 bridgehead atoms. The molecular formula is C13H19ClN2O4S. The van der Waals surface area contributed by atoms with Gasteiger partial charge in [0, 0.05) is 25.2 Å². The molecule has 0 aliphatic rings. The third kappa shape index (κ3) is 4.16. The van der Waals surface area contributed by atoms with Crippen molar-refractivity contribution in [3.05, 3.63) is 28.3 Å². The lowest BCUT2D eigenvalue weighted by Crippen LogP contribution is -2.34. The second kappa shape index (κ2) is 6.74. The summed E-state index contributed by atoms with van der Waals surface area (Å²) in [6.07, 6.45) is 0. The standard InChI is InChI=1S/C13H19ClN2O4S/c1-9-11(13(17)18)7-10(14)8-12(9)21(19,20)16(4)6-5-15(2)3/h7-8H,5-6H2,1-4H3,(H,17,18). The summed E-state index contributed by atoms with van der Waals surface area (Å²) in [4.78, 5) is 12.9. The number of sulfonamides is 1. The topological polar surface area (TPSA) is 77.9 Å². The summed E-state index contributed by atoms with van der Waals surface area (Å²) in [5, 5.41) is 9.20. The van der Waals surface area contributed by atoms with Crippen molar-refractivity contribution in [3.8, 4) is 0 Å². The van der Waals surface area contributed by atoms with Crippen LogP contribution in [0.2, 0.25) is 5.02 Å². The molecule has 8 heteroatoms. The molecule has 0 aliphatic heterocycles. The van der Waals surface area contributed by atoms with Gasteiger partial charge in [-0.25, -0.2) is 13.2 Å². The molecule has 1 rings (SSSR count). The normalized spacial score (nSPS) is 12.1. The average Bonchev–Trinajstić information content (AvgIpc) is 2.37. The van der Waals surface area contributed by atoms with Crippen LogP contribution in [0.3, 0.4) is 0 Å². The molecule has 0 aromatic heterocycles. The van der Waals surface area contributed by atoms with Gasteiger partial charge in [0.15, 0.2) is 0 Å². The van der Waals surface area contributed by atoms with Crippen LogP contribution in [-0.2, 0) is 10.0 Å². The Balaban J connectivity index is 3.28. The molecule has 0 atom stereocenters. The monoisotopic (exact) mass is 334 g/mol. The first-order valence-corrected chi connectivity index (χ1v) is 8.03. The van der Waals surface area contributed by atoms with Crippen molar-refractivity contribution in [2.45, 2.75) is 11.8 Å². The number of benzene rings is 1. The molecule has 1 aromatic carbocycles. The zero-order valence-corrected chi connectivity index (χ0v) is 14.0. The van der Waals surface area contributed by atoms with Gasteiger partial charge in [0.1, 0.15) is 0 Å². The zero-order chi connectivity index (χ0) is 16.4. The third-order valence-electron chi connectivity index (χ3n) is 3.11. The van der Waals surface area contributed by atoms with Gasteiger partial charge in [-0.05, 0) is 38.7 Å². The molecule has 0 saturated carbocycles. The molecule has 0 aliphatic carbocycles. The zero-order valence-electron chi connectivity index (χ0n) is 12.4. The number of aromatic carboxylic acids is 1. The molecular weight excluding hydrogens is 316 g/mol. The number of halogens is 1. The fraction of sp³-hybridized carbons (Fsp3) is 0.462. The van der Waals surface area contributed by atoms with Crippen LogP contribution in [0.4, 0.5) is 0 Å². The van der Waals surface area contributed by atoms with Crippen molar-refractivity contribution < 1.29 is 18.3 Å². The van der Waals surface area contributed by atoms with E-state index in [0.29, 0.717) is 13.1 Å². The van der Waals surface area contributed by atoms with Crippen LogP contribution >= 0.6 is 11.6 Å². The van der Waals surface area contributed by atoms with Crippen LogP contribution < -0.4 is 0 Å². The maximum absolute atomic E-state index is 12.5. The van der Waals surface area contributed by atoms with Crippen molar-refractivity contribution in [1.82, 2.24) is 9.21 Å². The van der Waals surface area contributed by atoms with E-state index in [4.69, 9.17) is 16.7 Å². The number of hydrogen-bond acceptors (Lipinski definition) is 4. The van der Waals surface area contributed by atoms with Crippen molar-refractivity contribution in [1.29, 1.82) is 0 Å². The SMILES string of the molecule is Cc1c(C(=O)O)cc(Cl)cc1S(=O)(=O)N(C)CCN(C)C. The molecule has 21 heavy (non-hydrogen) atoms. The Morgan fingerprint density at radius 1 is 1.24 bits per heavy atom. The Morgan fingerprint density at radius 2 is 1.81 bits per heavy atom. The van der Waals surface area contributed by atoms with Crippen LogP contribution in [0, 0.1) is 6.92 Å². The Bertz CT molecular complexity index is 644. The lowest BCUT2D eigenvalue weighted by molar-refractivity contribution is 0.0696. The highest BCUT2D eigenvalue weighted by molar-refractivity contribution is 7.89. The van der Waals surface area contributed by atoms with Crippen LogP contribution in [0.5, 0.6) is 0 Å². The van der Waals surface area contributed by atoms with Crippen LogP contribution in [0.1, 0.15) is 15.9 Å². The third-order valence-corrected chi connectivity index (χ3v) is 5.31. The summed E-state index contributed by atoms with van der Waals surface area (Å²) in [5.74, 6) is -1.21. The number of carbonyl (C=O) groups is 1. The largest absolute Gasteiger partial charge is 0.478 e. The molecule has 0 saturated heterocycles. The summed E-state index contributed by atoms with van der Waals surface area (Å²) >= 11 is 5.85. The van der Waals surface area contributed by atoms with Crippen LogP contribution in [0.15, 0.2) is 17.0 Å². The number of hydrogen-bond donors (Lipinski definition) is 1. The second-order valence-electron chi connectivity index (χ2n) is 5.01. The summed E-state index contributed by atoms with van der Waals surface area (Å²) in [7, 11) is 1.35. The summed E-state index contributed by atoms with van der Waals surface area (Å²) in [6.45, 7) is 2.32. The van der Waals surface area contributed by atoms with E-state index in [0.717, 1.165) is 0 Å². The van der Waals surface area contributed by atoms with Gasteiger partial charge in [0.2, 0.25) is 10.0 Å². The van der Waals surface area contributed by atoms with E-state index in [1.54, 1.807) is 0 Å². The Kier molecular flexibility index (Phi) is 5.75. The predicted octanol–water partition coefficient (Wildman–Crippen LogP) is 1.53. The first-order chi connectivity index (χ1) is 9.57. The lowest BCUT2D eigenvalue weighted by atomic mass is 10.1. The minimum absolute atomic E-state index is 0.0753. The lowest BCUT2D eigenvalue weighted by Gasteiger charge is -2.21. The molecule has 118 valence electrons. The fourth-order valence-electron chi connectivity index (χ4n) is 1.77. The number of carboxylic acid groups (broad SMARTS) is 1. The Morgan fingerprint density at radius 3 is 2.29 bits per heavy atom. The molecule has 6 nitrogen and oxygen atoms in total. The van der Waals surface area contributed by atoms with Gasteiger partial charge in [0.05, 0.1) is 10.5 Å². The summed E-state index contributed by atoms with van der Waals surface area (Å²) < 4.78 is 26.3. The predicted molar refractivity (Wildman–Crippen MR) is 81.5 cm³/mol. The molecule has 0 amide bonds. The van der Waals surface area contributed by atoms with Gasteiger partial charge < -0.3 is 10.0 Å². The summed E-state index contributed by atoms with van der Waals surface area (Å²) in [5.41, 5.74) is 0.0747. The van der Waals surface area contributed by atoms with E-state index in [2.05, 4.69) is 0 Å². The van der Waals surface area contributed by atoms with Crippen LogP contribution in [0.25, 0.3) is 0 Å². The number of rotatable bonds is 6. The molecule has 1 aromatic rings. The quantitative estimate of drug-likeness (QED) is 0.853. The Hall–Kier alpha value is -1.15. The summed E-state index contributed by atoms with van der Waals surface area (Å²) in [6, 6.07) is 2.53.